The molecule has 0 unspecified atom stereocenters. The van der Waals surface area contributed by atoms with Gasteiger partial charge in [-0.3, -0.25) is 19.3 Å². The molecule has 2 bridgehead atoms. The zero-order chi connectivity index (χ0) is 22.3. The van der Waals surface area contributed by atoms with E-state index < -0.39 is 24.5 Å². The van der Waals surface area contributed by atoms with Crippen molar-refractivity contribution in [3.8, 4) is 5.75 Å². The van der Waals surface area contributed by atoms with E-state index in [0.717, 1.165) is 11.3 Å². The number of benzene rings is 1. The number of esters is 1. The molecule has 1 aliphatic heterocycles. The van der Waals surface area contributed by atoms with Gasteiger partial charge in [0, 0.05) is 11.8 Å². The molecule has 0 spiro atoms. The highest BCUT2D eigenvalue weighted by Gasteiger charge is 2.61. The SMILES string of the molecule is COc1cccc(NC(=O)COC(=O)[C@H](C(C)C)N2C(=O)[C@H]3[C@H](C2=O)[C@H]2C=C[C@H]3C2)c1. The van der Waals surface area contributed by atoms with E-state index in [1.807, 2.05) is 12.2 Å². The fraction of sp³-hybridized carbons (Fsp3) is 0.478. The number of rotatable bonds is 7. The molecule has 8 heteroatoms. The largest absolute Gasteiger partial charge is 0.497 e. The van der Waals surface area contributed by atoms with E-state index in [4.69, 9.17) is 9.47 Å². The molecule has 5 atom stereocenters. The molecule has 1 aromatic carbocycles. The number of allylic oxidation sites excluding steroid dienone is 2. The van der Waals surface area contributed by atoms with Crippen molar-refractivity contribution in [2.24, 2.45) is 29.6 Å². The molecule has 8 nitrogen and oxygen atoms in total. The highest BCUT2D eigenvalue weighted by molar-refractivity contribution is 6.09. The molecule has 2 aliphatic carbocycles. The molecule has 2 fully saturated rings. The minimum atomic E-state index is -1.05. The highest BCUT2D eigenvalue weighted by atomic mass is 16.5. The topological polar surface area (TPSA) is 102 Å². The van der Waals surface area contributed by atoms with Crippen LogP contribution in [0.2, 0.25) is 0 Å². The van der Waals surface area contributed by atoms with Crippen LogP contribution in [0.15, 0.2) is 36.4 Å². The number of carbonyl (C=O) groups is 4. The molecule has 4 rings (SSSR count). The summed E-state index contributed by atoms with van der Waals surface area (Å²) in [5.74, 6) is -2.28. The number of carbonyl (C=O) groups excluding carboxylic acids is 4. The van der Waals surface area contributed by atoms with E-state index in [9.17, 15) is 19.2 Å². The zero-order valence-corrected chi connectivity index (χ0v) is 17.7. The average Bonchev–Trinajstić information content (AvgIpc) is 3.42. The molecule has 1 aromatic rings. The van der Waals surface area contributed by atoms with Gasteiger partial charge in [0.15, 0.2) is 6.61 Å². The molecular weight excluding hydrogens is 400 g/mol. The minimum absolute atomic E-state index is 0.0638. The summed E-state index contributed by atoms with van der Waals surface area (Å²) in [6, 6.07) is 5.73. The van der Waals surface area contributed by atoms with Gasteiger partial charge in [-0.15, -0.1) is 0 Å². The number of nitrogens with one attached hydrogen (secondary N) is 1. The number of fused-ring (bicyclic) bond motifs is 5. The number of likely N-dealkylation sites (tertiary alicyclic amines) is 1. The van der Waals surface area contributed by atoms with Crippen LogP contribution in [-0.2, 0) is 23.9 Å². The van der Waals surface area contributed by atoms with Gasteiger partial charge in [0.2, 0.25) is 11.8 Å². The van der Waals surface area contributed by atoms with Crippen molar-refractivity contribution in [2.45, 2.75) is 26.3 Å². The third-order valence-electron chi connectivity index (χ3n) is 6.35. The third-order valence-corrected chi connectivity index (χ3v) is 6.35. The van der Waals surface area contributed by atoms with Crippen molar-refractivity contribution in [3.05, 3.63) is 36.4 Å². The Balaban J connectivity index is 1.41. The van der Waals surface area contributed by atoms with Gasteiger partial charge >= 0.3 is 5.97 Å². The second-order valence-electron chi connectivity index (χ2n) is 8.62. The lowest BCUT2D eigenvalue weighted by Gasteiger charge is -2.28. The first-order valence-electron chi connectivity index (χ1n) is 10.5. The third kappa shape index (κ3) is 3.71. The Bertz CT molecular complexity index is 925. The van der Waals surface area contributed by atoms with E-state index in [0.29, 0.717) is 11.4 Å². The van der Waals surface area contributed by atoms with Gasteiger partial charge < -0.3 is 14.8 Å². The van der Waals surface area contributed by atoms with Gasteiger partial charge in [-0.05, 0) is 36.3 Å². The number of nitrogens with zero attached hydrogens (tertiary/aromatic N) is 1. The van der Waals surface area contributed by atoms with E-state index in [1.165, 1.54) is 7.11 Å². The number of imide groups is 1. The Labute approximate surface area is 180 Å². The molecular formula is C23H26N2O6. The van der Waals surface area contributed by atoms with Crippen LogP contribution in [-0.4, -0.2) is 48.3 Å². The second kappa shape index (κ2) is 8.17. The Morgan fingerprint density at radius 2 is 1.77 bits per heavy atom. The summed E-state index contributed by atoms with van der Waals surface area (Å²) in [6.45, 7) is 2.99. The van der Waals surface area contributed by atoms with E-state index >= 15 is 0 Å². The fourth-order valence-electron chi connectivity index (χ4n) is 5.00. The van der Waals surface area contributed by atoms with Crippen LogP contribution in [0, 0.1) is 29.6 Å². The van der Waals surface area contributed by atoms with Gasteiger partial charge in [-0.2, -0.15) is 0 Å². The molecule has 1 heterocycles. The summed E-state index contributed by atoms with van der Waals surface area (Å²) in [6.07, 6.45) is 4.83. The summed E-state index contributed by atoms with van der Waals surface area (Å²) in [4.78, 5) is 52.3. The average molecular weight is 426 g/mol. The summed E-state index contributed by atoms with van der Waals surface area (Å²) in [5, 5.41) is 2.63. The number of anilines is 1. The monoisotopic (exact) mass is 426 g/mol. The van der Waals surface area contributed by atoms with Crippen LogP contribution >= 0.6 is 0 Å². The van der Waals surface area contributed by atoms with Crippen LogP contribution in [0.25, 0.3) is 0 Å². The molecule has 164 valence electrons. The Hall–Kier alpha value is -3.16. The molecule has 3 aliphatic rings. The van der Waals surface area contributed by atoms with Crippen molar-refractivity contribution < 1.29 is 28.7 Å². The number of methoxy groups -OCH3 is 1. The predicted molar refractivity (Wildman–Crippen MR) is 111 cm³/mol. The van der Waals surface area contributed by atoms with Gasteiger partial charge in [-0.1, -0.05) is 32.1 Å². The standard InChI is InChI=1S/C23H26N2O6/c1-12(2)20(25-21(27)18-13-7-8-14(9-13)19(18)22(25)28)23(29)31-11-17(26)24-15-5-4-6-16(10-15)30-3/h4-8,10,12-14,18-20H,9,11H2,1-3H3,(H,24,26)/t13-,14-,18+,19+,20-/m0/s1. The van der Waals surface area contributed by atoms with Gasteiger partial charge in [0.25, 0.3) is 5.91 Å². The molecule has 31 heavy (non-hydrogen) atoms. The van der Waals surface area contributed by atoms with Crippen LogP contribution in [0.4, 0.5) is 5.69 Å². The maximum atomic E-state index is 13.0. The molecule has 0 aromatic heterocycles. The maximum Gasteiger partial charge on any atom is 0.330 e. The first kappa shape index (κ1) is 21.1. The van der Waals surface area contributed by atoms with Gasteiger partial charge in [-0.25, -0.2) is 4.79 Å². The Kier molecular flexibility index (Phi) is 5.56. The van der Waals surface area contributed by atoms with E-state index in [2.05, 4.69) is 5.32 Å². The molecule has 3 amide bonds. The molecule has 1 saturated carbocycles. The summed E-state index contributed by atoms with van der Waals surface area (Å²) in [5.41, 5.74) is 0.501. The van der Waals surface area contributed by atoms with Crippen molar-refractivity contribution in [3.63, 3.8) is 0 Å². The summed E-state index contributed by atoms with van der Waals surface area (Å²) in [7, 11) is 1.52. The van der Waals surface area contributed by atoms with Crippen LogP contribution in [0.5, 0.6) is 5.75 Å². The summed E-state index contributed by atoms with van der Waals surface area (Å²) < 4.78 is 10.3. The normalized spacial score (nSPS) is 26.9. The second-order valence-corrected chi connectivity index (χ2v) is 8.62. The quantitative estimate of drug-likeness (QED) is 0.407. The lowest BCUT2D eigenvalue weighted by molar-refractivity contribution is -0.162. The minimum Gasteiger partial charge on any atom is -0.497 e. The van der Waals surface area contributed by atoms with Crippen LogP contribution < -0.4 is 10.1 Å². The zero-order valence-electron chi connectivity index (χ0n) is 17.7. The van der Waals surface area contributed by atoms with Crippen molar-refractivity contribution in [2.75, 3.05) is 19.0 Å². The lowest BCUT2D eigenvalue weighted by Crippen LogP contribution is -2.50. The number of hydrogen-bond acceptors (Lipinski definition) is 6. The Morgan fingerprint density at radius 1 is 1.13 bits per heavy atom. The highest BCUT2D eigenvalue weighted by Crippen LogP contribution is 2.53. The van der Waals surface area contributed by atoms with Crippen molar-refractivity contribution in [1.82, 2.24) is 4.90 Å². The number of hydrogen-bond donors (Lipinski definition) is 1. The first-order valence-corrected chi connectivity index (χ1v) is 10.5. The van der Waals surface area contributed by atoms with Gasteiger partial charge in [0.1, 0.15) is 11.8 Å². The summed E-state index contributed by atoms with van der Waals surface area (Å²) >= 11 is 0. The van der Waals surface area contributed by atoms with Crippen LogP contribution in [0.1, 0.15) is 20.3 Å². The Morgan fingerprint density at radius 3 is 2.35 bits per heavy atom. The molecule has 0 radical (unpaired) electrons. The maximum absolute atomic E-state index is 13.0. The van der Waals surface area contributed by atoms with Crippen molar-refractivity contribution in [1.29, 1.82) is 0 Å². The van der Waals surface area contributed by atoms with Gasteiger partial charge in [0.05, 0.1) is 18.9 Å². The number of amides is 3. The fourth-order valence-corrected chi connectivity index (χ4v) is 5.00. The van der Waals surface area contributed by atoms with Crippen molar-refractivity contribution >= 4 is 29.4 Å². The number of ether oxygens (including phenoxy) is 2. The lowest BCUT2D eigenvalue weighted by atomic mass is 9.85. The van der Waals surface area contributed by atoms with Crippen LogP contribution in [0.3, 0.4) is 0 Å². The van der Waals surface area contributed by atoms with E-state index in [1.54, 1.807) is 38.1 Å². The first-order chi connectivity index (χ1) is 14.8. The predicted octanol–water partition coefficient (Wildman–Crippen LogP) is 2.01. The van der Waals surface area contributed by atoms with E-state index in [-0.39, 0.29) is 41.4 Å². The molecule has 1 N–H and O–H groups in total. The smallest absolute Gasteiger partial charge is 0.330 e. The molecule has 1 saturated heterocycles.